The zero-order valence-corrected chi connectivity index (χ0v) is 15.0. The number of hydrogen-bond acceptors (Lipinski definition) is 7. The van der Waals surface area contributed by atoms with Gasteiger partial charge in [-0.15, -0.1) is 0 Å². The summed E-state index contributed by atoms with van der Waals surface area (Å²) >= 11 is 0. The van der Waals surface area contributed by atoms with Crippen LogP contribution in [0.4, 0.5) is 17.3 Å². The molecule has 0 bridgehead atoms. The molecule has 3 heterocycles. The molecule has 1 saturated heterocycles. The van der Waals surface area contributed by atoms with E-state index in [1.165, 1.54) is 0 Å². The van der Waals surface area contributed by atoms with Gasteiger partial charge in [-0.25, -0.2) is 10.5 Å². The summed E-state index contributed by atoms with van der Waals surface area (Å²) in [5.41, 5.74) is 10.0. The third-order valence-electron chi connectivity index (χ3n) is 4.70. The summed E-state index contributed by atoms with van der Waals surface area (Å²) in [5.74, 6) is 1.40. The number of nitrogens with one attached hydrogen (secondary N) is 3. The molecule has 0 unspecified atom stereocenters. The highest BCUT2D eigenvalue weighted by molar-refractivity contribution is 5.79. The molecule has 0 atom stereocenters. The predicted molar refractivity (Wildman–Crippen MR) is 106 cm³/mol. The van der Waals surface area contributed by atoms with Gasteiger partial charge >= 0.3 is 0 Å². The van der Waals surface area contributed by atoms with Crippen LogP contribution >= 0.6 is 0 Å². The van der Waals surface area contributed by atoms with Crippen molar-refractivity contribution in [2.75, 3.05) is 23.8 Å². The van der Waals surface area contributed by atoms with Crippen LogP contribution in [0.1, 0.15) is 18.4 Å². The first-order chi connectivity index (χ1) is 13.3. The van der Waals surface area contributed by atoms with Gasteiger partial charge in [0.25, 0.3) is 0 Å². The summed E-state index contributed by atoms with van der Waals surface area (Å²) in [4.78, 5) is 8.97. The maximum atomic E-state index is 7.40. The molecule has 0 spiro atoms. The van der Waals surface area contributed by atoms with E-state index in [9.17, 15) is 0 Å². The zero-order valence-electron chi connectivity index (χ0n) is 15.0. The van der Waals surface area contributed by atoms with Gasteiger partial charge < -0.3 is 15.4 Å². The number of ether oxygens (including phenoxy) is 1. The molecule has 0 aliphatic carbocycles. The molecule has 27 heavy (non-hydrogen) atoms. The lowest BCUT2D eigenvalue weighted by Gasteiger charge is -2.24. The summed E-state index contributed by atoms with van der Waals surface area (Å²) in [7, 11) is 0. The van der Waals surface area contributed by atoms with E-state index >= 15 is 0 Å². The average Bonchev–Trinajstić information content (AvgIpc) is 2.73. The van der Waals surface area contributed by atoms with Crippen LogP contribution in [0.3, 0.4) is 0 Å². The van der Waals surface area contributed by atoms with Crippen molar-refractivity contribution in [3.05, 3.63) is 54.2 Å². The van der Waals surface area contributed by atoms with Crippen LogP contribution in [0, 0.1) is 5.53 Å². The number of fused-ring (bicyclic) bond motifs is 1. The van der Waals surface area contributed by atoms with Gasteiger partial charge in [-0.1, -0.05) is 12.1 Å². The highest BCUT2D eigenvalue weighted by Crippen LogP contribution is 2.26. The summed E-state index contributed by atoms with van der Waals surface area (Å²) in [6, 6.07) is 14.2. The Bertz CT molecular complexity index is 939. The van der Waals surface area contributed by atoms with Crippen LogP contribution in [0.25, 0.3) is 10.9 Å². The van der Waals surface area contributed by atoms with Gasteiger partial charge in [-0.2, -0.15) is 5.11 Å². The third-order valence-corrected chi connectivity index (χ3v) is 4.70. The first-order valence-corrected chi connectivity index (χ1v) is 9.12. The minimum atomic E-state index is 0.367. The molecule has 4 rings (SSSR count). The van der Waals surface area contributed by atoms with Crippen molar-refractivity contribution in [3.8, 4) is 0 Å². The summed E-state index contributed by atoms with van der Waals surface area (Å²) in [6.07, 6.45) is 3.74. The Balaban J connectivity index is 1.49. The van der Waals surface area contributed by atoms with Gasteiger partial charge in [0.2, 0.25) is 0 Å². The molecule has 3 N–H and O–H groups in total. The molecule has 1 fully saturated rings. The normalized spacial score (nSPS) is 14.8. The topological polar surface area (TPSA) is 95.3 Å². The Morgan fingerprint density at radius 1 is 1.15 bits per heavy atom. The van der Waals surface area contributed by atoms with Gasteiger partial charge in [-0.05, 0) is 48.7 Å². The molecule has 7 heteroatoms. The number of anilines is 2. The minimum Gasteiger partial charge on any atom is -0.381 e. The van der Waals surface area contributed by atoms with E-state index in [0.29, 0.717) is 24.1 Å². The number of pyridine rings is 2. The van der Waals surface area contributed by atoms with Crippen LogP contribution in [0.2, 0.25) is 0 Å². The monoisotopic (exact) mass is 362 g/mol. The molecule has 0 saturated carbocycles. The summed E-state index contributed by atoms with van der Waals surface area (Å²) in [5, 5.41) is 11.5. The molecular formula is C20H22N6O. The Kier molecular flexibility index (Phi) is 5.20. The Morgan fingerprint density at radius 3 is 2.89 bits per heavy atom. The second kappa shape index (κ2) is 8.09. The molecule has 1 aromatic carbocycles. The van der Waals surface area contributed by atoms with Gasteiger partial charge in [0.15, 0.2) is 5.82 Å². The highest BCUT2D eigenvalue weighted by atomic mass is 16.5. The number of nitrogens with zero attached hydrogens (tertiary/aromatic N) is 3. The van der Waals surface area contributed by atoms with Crippen molar-refractivity contribution in [1.82, 2.24) is 9.97 Å². The van der Waals surface area contributed by atoms with E-state index in [-0.39, 0.29) is 0 Å². The van der Waals surface area contributed by atoms with Gasteiger partial charge in [-0.3, -0.25) is 4.98 Å². The van der Waals surface area contributed by atoms with E-state index in [2.05, 4.69) is 31.8 Å². The van der Waals surface area contributed by atoms with E-state index in [4.69, 9.17) is 10.3 Å². The second-order valence-electron chi connectivity index (χ2n) is 6.59. The first-order valence-electron chi connectivity index (χ1n) is 9.12. The maximum Gasteiger partial charge on any atom is 0.156 e. The van der Waals surface area contributed by atoms with Gasteiger partial charge in [0.05, 0.1) is 5.52 Å². The van der Waals surface area contributed by atoms with E-state index < -0.39 is 0 Å². The fraction of sp³-hybridized carbons (Fsp3) is 0.300. The van der Waals surface area contributed by atoms with Crippen molar-refractivity contribution in [2.45, 2.75) is 25.4 Å². The fourth-order valence-corrected chi connectivity index (χ4v) is 3.22. The molecule has 2 aromatic heterocycles. The Labute approximate surface area is 157 Å². The van der Waals surface area contributed by atoms with Crippen molar-refractivity contribution in [1.29, 1.82) is 5.53 Å². The summed E-state index contributed by atoms with van der Waals surface area (Å²) in [6.45, 7) is 2.15. The second-order valence-corrected chi connectivity index (χ2v) is 6.59. The smallest absolute Gasteiger partial charge is 0.156 e. The molecule has 7 nitrogen and oxygen atoms in total. The van der Waals surface area contributed by atoms with Crippen molar-refractivity contribution in [2.24, 2.45) is 5.11 Å². The largest absolute Gasteiger partial charge is 0.381 e. The molecule has 0 radical (unpaired) electrons. The van der Waals surface area contributed by atoms with Crippen molar-refractivity contribution in [3.63, 3.8) is 0 Å². The number of rotatable bonds is 6. The van der Waals surface area contributed by atoms with Crippen LogP contribution in [0.5, 0.6) is 0 Å². The molecule has 1 aliphatic heterocycles. The number of aromatic nitrogens is 2. The third kappa shape index (κ3) is 4.20. The number of benzene rings is 1. The van der Waals surface area contributed by atoms with E-state index in [1.807, 2.05) is 36.4 Å². The zero-order chi connectivity index (χ0) is 18.5. The van der Waals surface area contributed by atoms with E-state index in [0.717, 1.165) is 48.3 Å². The lowest BCUT2D eigenvalue weighted by Crippen LogP contribution is -2.28. The molecule has 3 aromatic rings. The SMILES string of the molecule is N=Nc1ccc(NC2CCOCC2)nc1NCc1ccc2ncccc2c1. The van der Waals surface area contributed by atoms with Crippen molar-refractivity contribution >= 4 is 28.2 Å². The highest BCUT2D eigenvalue weighted by Gasteiger charge is 2.15. The molecule has 1 aliphatic rings. The number of hydrogen-bond donors (Lipinski definition) is 3. The van der Waals surface area contributed by atoms with E-state index in [1.54, 1.807) is 6.20 Å². The fourth-order valence-electron chi connectivity index (χ4n) is 3.22. The Hall–Kier alpha value is -3.06. The van der Waals surface area contributed by atoms with Crippen LogP contribution in [-0.4, -0.2) is 29.2 Å². The first kappa shape index (κ1) is 17.4. The lowest BCUT2D eigenvalue weighted by molar-refractivity contribution is 0.0904. The van der Waals surface area contributed by atoms with Crippen LogP contribution in [0.15, 0.2) is 53.8 Å². The van der Waals surface area contributed by atoms with Crippen LogP contribution < -0.4 is 10.6 Å². The predicted octanol–water partition coefficient (Wildman–Crippen LogP) is 4.50. The lowest BCUT2D eigenvalue weighted by atomic mass is 10.1. The van der Waals surface area contributed by atoms with Gasteiger partial charge in [0, 0.05) is 37.4 Å². The maximum absolute atomic E-state index is 7.40. The molecule has 0 amide bonds. The Morgan fingerprint density at radius 2 is 2.04 bits per heavy atom. The van der Waals surface area contributed by atoms with Crippen molar-refractivity contribution < 1.29 is 4.74 Å². The minimum absolute atomic E-state index is 0.367. The van der Waals surface area contributed by atoms with Gasteiger partial charge in [0.1, 0.15) is 11.5 Å². The quantitative estimate of drug-likeness (QED) is 0.561. The average molecular weight is 362 g/mol. The standard InChI is InChI=1S/C20H22N6O/c21-26-18-5-6-19(24-16-7-10-27-11-8-16)25-20(18)23-13-14-3-4-17-15(12-14)2-1-9-22-17/h1-6,9,12,16,21H,7-8,10-11,13H2,(H2,23,24,25). The van der Waals surface area contributed by atoms with Crippen LogP contribution in [-0.2, 0) is 11.3 Å². The summed E-state index contributed by atoms with van der Waals surface area (Å²) < 4.78 is 5.40. The molecular weight excluding hydrogens is 340 g/mol. The molecule has 138 valence electrons.